The summed E-state index contributed by atoms with van der Waals surface area (Å²) in [6.45, 7) is 4.86. The van der Waals surface area contributed by atoms with Gasteiger partial charge in [0.1, 0.15) is 5.78 Å². The van der Waals surface area contributed by atoms with Crippen LogP contribution in [0.3, 0.4) is 0 Å². The maximum atomic E-state index is 13.1. The maximum Gasteiger partial charge on any atom is 0.227 e. The van der Waals surface area contributed by atoms with E-state index in [4.69, 9.17) is 0 Å². The van der Waals surface area contributed by atoms with Gasteiger partial charge in [0.15, 0.2) is 0 Å². The summed E-state index contributed by atoms with van der Waals surface area (Å²) in [5.41, 5.74) is 0.995. The molecule has 1 atom stereocenters. The number of imidazole rings is 1. The molecule has 0 amide bonds. The number of sulfone groups is 1. The van der Waals surface area contributed by atoms with Gasteiger partial charge >= 0.3 is 0 Å². The van der Waals surface area contributed by atoms with Gasteiger partial charge in [-0.2, -0.15) is 0 Å². The smallest absolute Gasteiger partial charge is 0.227 e. The number of hydrogen-bond acceptors (Lipinski definition) is 5. The zero-order valence-electron chi connectivity index (χ0n) is 17.7. The number of aromatic nitrogens is 2. The maximum absolute atomic E-state index is 13.1. The van der Waals surface area contributed by atoms with Crippen LogP contribution in [0, 0.1) is 17.8 Å². The van der Waals surface area contributed by atoms with Gasteiger partial charge in [0.25, 0.3) is 0 Å². The average molecular weight is 422 g/mol. The van der Waals surface area contributed by atoms with E-state index in [-0.39, 0.29) is 22.6 Å². The number of hydrogen-bond donors (Lipinski definition) is 0. The van der Waals surface area contributed by atoms with Crippen molar-refractivity contribution in [2.45, 2.75) is 83.0 Å². The van der Waals surface area contributed by atoms with Gasteiger partial charge in [0.2, 0.25) is 15.0 Å². The van der Waals surface area contributed by atoms with Gasteiger partial charge in [0, 0.05) is 25.6 Å². The minimum absolute atomic E-state index is 0.108. The zero-order valence-corrected chi connectivity index (χ0v) is 18.5. The van der Waals surface area contributed by atoms with Crippen LogP contribution in [0.15, 0.2) is 11.4 Å². The Balaban J connectivity index is 1.56. The Hall–Kier alpha value is -1.21. The summed E-state index contributed by atoms with van der Waals surface area (Å²) in [5.74, 6) is 1.47. The molecule has 0 bridgehead atoms. The van der Waals surface area contributed by atoms with Gasteiger partial charge in [-0.05, 0) is 63.8 Å². The standard InChI is InChI=1S/C22H35N3O3S/c1-17(26)20-8-5-11-24(14-20)15-21-12-23-22(29(27,28)16-19-9-10-19)25(21)13-18-6-3-2-4-7-18/h12,18-20H,2-11,13-16H2,1H3/t20-/m1/s1. The van der Waals surface area contributed by atoms with E-state index in [0.717, 1.165) is 51.0 Å². The van der Waals surface area contributed by atoms with Gasteiger partial charge in [0.05, 0.1) is 17.6 Å². The molecule has 0 N–H and O–H groups in total. The van der Waals surface area contributed by atoms with E-state index in [9.17, 15) is 13.2 Å². The molecule has 3 aliphatic rings. The number of carbonyl (C=O) groups excluding carboxylic acids is 1. The lowest BCUT2D eigenvalue weighted by atomic mass is 9.89. The Bertz CT molecular complexity index is 822. The number of carbonyl (C=O) groups is 1. The zero-order chi connectivity index (χ0) is 20.4. The quantitative estimate of drug-likeness (QED) is 0.643. The van der Waals surface area contributed by atoms with E-state index in [1.807, 2.05) is 4.57 Å². The number of piperidine rings is 1. The molecule has 29 heavy (non-hydrogen) atoms. The van der Waals surface area contributed by atoms with Crippen molar-refractivity contribution in [3.63, 3.8) is 0 Å². The summed E-state index contributed by atoms with van der Waals surface area (Å²) in [6, 6.07) is 0. The lowest BCUT2D eigenvalue weighted by Crippen LogP contribution is -2.38. The lowest BCUT2D eigenvalue weighted by molar-refractivity contribution is -0.122. The predicted octanol–water partition coefficient (Wildman–Crippen LogP) is 3.45. The van der Waals surface area contributed by atoms with Gasteiger partial charge in [-0.1, -0.05) is 19.3 Å². The van der Waals surface area contributed by atoms with Crippen LogP contribution in [-0.4, -0.2) is 47.5 Å². The third-order valence-corrected chi connectivity index (χ3v) is 8.76. The van der Waals surface area contributed by atoms with Crippen LogP contribution in [-0.2, 0) is 27.7 Å². The van der Waals surface area contributed by atoms with Crippen LogP contribution in [0.1, 0.15) is 70.4 Å². The minimum atomic E-state index is -3.34. The Kier molecular flexibility index (Phi) is 6.44. The van der Waals surface area contributed by atoms with E-state index in [1.165, 1.54) is 32.1 Å². The molecule has 2 heterocycles. The summed E-state index contributed by atoms with van der Waals surface area (Å²) in [5, 5.41) is 0.283. The predicted molar refractivity (Wildman–Crippen MR) is 112 cm³/mol. The van der Waals surface area contributed by atoms with Crippen molar-refractivity contribution in [3.8, 4) is 0 Å². The molecule has 0 spiro atoms. The first-order valence-electron chi connectivity index (χ1n) is 11.4. The number of likely N-dealkylation sites (tertiary alicyclic amines) is 1. The molecule has 7 heteroatoms. The molecular weight excluding hydrogens is 386 g/mol. The fraction of sp³-hybridized carbons (Fsp3) is 0.818. The second-order valence-corrected chi connectivity index (χ2v) is 11.5. The molecular formula is C22H35N3O3S. The molecule has 6 nitrogen and oxygen atoms in total. The Morgan fingerprint density at radius 2 is 1.83 bits per heavy atom. The van der Waals surface area contributed by atoms with E-state index in [1.54, 1.807) is 13.1 Å². The second-order valence-electron chi connectivity index (χ2n) is 9.56. The van der Waals surface area contributed by atoms with Gasteiger partial charge in [-0.25, -0.2) is 13.4 Å². The van der Waals surface area contributed by atoms with Crippen LogP contribution in [0.5, 0.6) is 0 Å². The molecule has 0 unspecified atom stereocenters. The molecule has 1 saturated heterocycles. The monoisotopic (exact) mass is 421 g/mol. The molecule has 2 saturated carbocycles. The first-order chi connectivity index (χ1) is 13.9. The van der Waals surface area contributed by atoms with Crippen LogP contribution in [0.4, 0.5) is 0 Å². The van der Waals surface area contributed by atoms with Crippen LogP contribution >= 0.6 is 0 Å². The molecule has 162 valence electrons. The molecule has 1 aliphatic heterocycles. The number of nitrogens with zero attached hydrogens (tertiary/aromatic N) is 3. The molecule has 2 aliphatic carbocycles. The Morgan fingerprint density at radius 1 is 1.07 bits per heavy atom. The minimum Gasteiger partial charge on any atom is -0.317 e. The third kappa shape index (κ3) is 5.29. The van der Waals surface area contributed by atoms with E-state index in [0.29, 0.717) is 18.4 Å². The Morgan fingerprint density at radius 3 is 2.52 bits per heavy atom. The molecule has 1 aromatic heterocycles. The molecule has 3 fully saturated rings. The first kappa shape index (κ1) is 21.0. The van der Waals surface area contributed by atoms with Gasteiger partial charge in [-0.15, -0.1) is 0 Å². The van der Waals surface area contributed by atoms with Crippen molar-refractivity contribution in [2.24, 2.45) is 17.8 Å². The highest BCUT2D eigenvalue weighted by molar-refractivity contribution is 7.91. The van der Waals surface area contributed by atoms with Crippen molar-refractivity contribution >= 4 is 15.6 Å². The van der Waals surface area contributed by atoms with Gasteiger partial charge in [-0.3, -0.25) is 9.69 Å². The highest BCUT2D eigenvalue weighted by atomic mass is 32.2. The molecule has 4 rings (SSSR count). The Labute approximate surface area is 175 Å². The number of Topliss-reactive ketones (excluding diaryl/α,β-unsaturated/α-hetero) is 1. The molecule has 1 aromatic rings. The summed E-state index contributed by atoms with van der Waals surface area (Å²) in [4.78, 5) is 18.6. The van der Waals surface area contributed by atoms with Crippen molar-refractivity contribution in [1.29, 1.82) is 0 Å². The van der Waals surface area contributed by atoms with Crippen LogP contribution in [0.25, 0.3) is 0 Å². The molecule has 0 radical (unpaired) electrons. The van der Waals surface area contributed by atoms with Crippen molar-refractivity contribution in [2.75, 3.05) is 18.8 Å². The summed E-state index contributed by atoms with van der Waals surface area (Å²) in [7, 11) is -3.34. The van der Waals surface area contributed by atoms with E-state index >= 15 is 0 Å². The third-order valence-electron chi connectivity index (χ3n) is 6.96. The van der Waals surface area contributed by atoms with Gasteiger partial charge < -0.3 is 4.57 Å². The lowest BCUT2D eigenvalue weighted by Gasteiger charge is -2.32. The molecule has 0 aromatic carbocycles. The largest absolute Gasteiger partial charge is 0.317 e. The van der Waals surface area contributed by atoms with Crippen molar-refractivity contribution < 1.29 is 13.2 Å². The topological polar surface area (TPSA) is 72.3 Å². The summed E-state index contributed by atoms with van der Waals surface area (Å²) < 4.78 is 28.1. The van der Waals surface area contributed by atoms with Crippen LogP contribution < -0.4 is 0 Å². The fourth-order valence-electron chi connectivity index (χ4n) is 5.02. The number of rotatable bonds is 8. The number of ketones is 1. The van der Waals surface area contributed by atoms with E-state index in [2.05, 4.69) is 9.88 Å². The first-order valence-corrected chi connectivity index (χ1v) is 13.1. The SMILES string of the molecule is CC(=O)[C@@H]1CCCN(Cc2cnc(S(=O)(=O)CC3CC3)n2CC2CCCCC2)C1. The highest BCUT2D eigenvalue weighted by Crippen LogP contribution is 2.33. The summed E-state index contributed by atoms with van der Waals surface area (Å²) in [6.07, 6.45) is 11.9. The van der Waals surface area contributed by atoms with Crippen LogP contribution in [0.2, 0.25) is 0 Å². The normalized spacial score (nSPS) is 24.7. The van der Waals surface area contributed by atoms with Crippen molar-refractivity contribution in [3.05, 3.63) is 11.9 Å². The summed E-state index contributed by atoms with van der Waals surface area (Å²) >= 11 is 0. The fourth-order valence-corrected chi connectivity index (χ4v) is 6.86. The van der Waals surface area contributed by atoms with E-state index < -0.39 is 9.84 Å². The van der Waals surface area contributed by atoms with Crippen molar-refractivity contribution in [1.82, 2.24) is 14.5 Å². The highest BCUT2D eigenvalue weighted by Gasteiger charge is 2.33. The average Bonchev–Trinajstić information content (AvgIpc) is 3.41. The second kappa shape index (κ2) is 8.88.